The highest BCUT2D eigenvalue weighted by atomic mass is 16.4. The van der Waals surface area contributed by atoms with Crippen LogP contribution in [-0.2, 0) is 11.2 Å². The van der Waals surface area contributed by atoms with Crippen molar-refractivity contribution in [2.24, 2.45) is 0 Å². The van der Waals surface area contributed by atoms with Gasteiger partial charge in [-0.3, -0.25) is 0 Å². The second-order valence-corrected chi connectivity index (χ2v) is 4.45. The van der Waals surface area contributed by atoms with Crippen LogP contribution in [0, 0.1) is 0 Å². The largest absolute Gasteiger partial charge is 0.479 e. The number of carboxylic acid groups (broad SMARTS) is 1. The van der Waals surface area contributed by atoms with Gasteiger partial charge in [0.2, 0.25) is 0 Å². The Hall–Kier alpha value is -2.43. The standard InChI is InChI=1S/C14H13N3O2/c18-14(19)13-11-4-2-1-3-10(11)6-8-17(13)12-5-7-15-9-16-12/h1-5,7,9,13H,6,8H2,(H,18,19). The van der Waals surface area contributed by atoms with Crippen molar-refractivity contribution in [2.75, 3.05) is 11.4 Å². The van der Waals surface area contributed by atoms with Crippen molar-refractivity contribution >= 4 is 11.8 Å². The van der Waals surface area contributed by atoms with Gasteiger partial charge in [-0.1, -0.05) is 24.3 Å². The molecule has 19 heavy (non-hydrogen) atoms. The molecule has 0 aliphatic carbocycles. The van der Waals surface area contributed by atoms with Crippen LogP contribution in [0.2, 0.25) is 0 Å². The molecule has 0 fully saturated rings. The molecule has 1 N–H and O–H groups in total. The highest BCUT2D eigenvalue weighted by molar-refractivity contribution is 5.81. The number of carbonyl (C=O) groups is 1. The Bertz CT molecular complexity index is 601. The first-order chi connectivity index (χ1) is 9.27. The van der Waals surface area contributed by atoms with Crippen molar-refractivity contribution in [3.8, 4) is 0 Å². The van der Waals surface area contributed by atoms with E-state index in [1.54, 1.807) is 12.3 Å². The average molecular weight is 255 g/mol. The lowest BCUT2D eigenvalue weighted by molar-refractivity contribution is -0.138. The van der Waals surface area contributed by atoms with E-state index < -0.39 is 12.0 Å². The SMILES string of the molecule is O=C(O)C1c2ccccc2CCN1c1ccncn1. The van der Waals surface area contributed by atoms with E-state index in [0.29, 0.717) is 12.4 Å². The molecule has 3 rings (SSSR count). The van der Waals surface area contributed by atoms with Crippen molar-refractivity contribution in [3.63, 3.8) is 0 Å². The summed E-state index contributed by atoms with van der Waals surface area (Å²) in [5.41, 5.74) is 1.94. The van der Waals surface area contributed by atoms with Gasteiger partial charge in [0.05, 0.1) is 0 Å². The maximum absolute atomic E-state index is 11.6. The molecule has 5 nitrogen and oxygen atoms in total. The van der Waals surface area contributed by atoms with Gasteiger partial charge in [0.15, 0.2) is 6.04 Å². The zero-order chi connectivity index (χ0) is 13.2. The molecular weight excluding hydrogens is 242 g/mol. The predicted octanol–water partition coefficient (Wildman–Crippen LogP) is 1.66. The van der Waals surface area contributed by atoms with Gasteiger partial charge in [-0.25, -0.2) is 14.8 Å². The zero-order valence-electron chi connectivity index (χ0n) is 10.2. The molecule has 0 spiro atoms. The van der Waals surface area contributed by atoms with Gasteiger partial charge in [-0.2, -0.15) is 0 Å². The van der Waals surface area contributed by atoms with E-state index in [0.717, 1.165) is 17.5 Å². The fourth-order valence-corrected chi connectivity index (χ4v) is 2.53. The van der Waals surface area contributed by atoms with Crippen LogP contribution in [-0.4, -0.2) is 27.6 Å². The monoisotopic (exact) mass is 255 g/mol. The predicted molar refractivity (Wildman–Crippen MR) is 69.9 cm³/mol. The molecule has 1 aliphatic rings. The molecule has 0 saturated heterocycles. The van der Waals surface area contributed by atoms with E-state index in [1.807, 2.05) is 29.2 Å². The van der Waals surface area contributed by atoms with Gasteiger partial charge >= 0.3 is 5.97 Å². The molecule has 2 aromatic rings. The molecule has 0 bridgehead atoms. The number of anilines is 1. The molecule has 1 atom stereocenters. The molecule has 0 amide bonds. The molecule has 2 heterocycles. The third-order valence-electron chi connectivity index (χ3n) is 3.38. The van der Waals surface area contributed by atoms with E-state index in [1.165, 1.54) is 6.33 Å². The third kappa shape index (κ3) is 2.03. The summed E-state index contributed by atoms with van der Waals surface area (Å²) in [6, 6.07) is 8.74. The average Bonchev–Trinajstić information content (AvgIpc) is 2.46. The normalized spacial score (nSPS) is 17.9. The third-order valence-corrected chi connectivity index (χ3v) is 3.38. The van der Waals surface area contributed by atoms with Crippen LogP contribution < -0.4 is 4.90 Å². The fraction of sp³-hybridized carbons (Fsp3) is 0.214. The smallest absolute Gasteiger partial charge is 0.331 e. The van der Waals surface area contributed by atoms with Crippen molar-refractivity contribution in [3.05, 3.63) is 54.0 Å². The first-order valence-electron chi connectivity index (χ1n) is 6.10. The number of carboxylic acids is 1. The fourth-order valence-electron chi connectivity index (χ4n) is 2.53. The number of hydrogen-bond donors (Lipinski definition) is 1. The minimum Gasteiger partial charge on any atom is -0.479 e. The Balaban J connectivity index is 2.06. The maximum atomic E-state index is 11.6. The number of aliphatic carboxylic acids is 1. The lowest BCUT2D eigenvalue weighted by atomic mass is 9.92. The van der Waals surface area contributed by atoms with Crippen LogP contribution in [0.1, 0.15) is 17.2 Å². The quantitative estimate of drug-likeness (QED) is 0.884. The van der Waals surface area contributed by atoms with Gasteiger partial charge in [0, 0.05) is 12.7 Å². The number of aromatic nitrogens is 2. The summed E-state index contributed by atoms with van der Waals surface area (Å²) in [4.78, 5) is 21.5. The molecule has 5 heteroatoms. The lowest BCUT2D eigenvalue weighted by Gasteiger charge is -2.35. The minimum atomic E-state index is -0.856. The molecule has 96 valence electrons. The number of nitrogens with zero attached hydrogens (tertiary/aromatic N) is 3. The van der Waals surface area contributed by atoms with Crippen molar-refractivity contribution < 1.29 is 9.90 Å². The summed E-state index contributed by atoms with van der Waals surface area (Å²) in [5, 5.41) is 9.53. The van der Waals surface area contributed by atoms with Crippen molar-refractivity contribution in [1.29, 1.82) is 0 Å². The second kappa shape index (κ2) is 4.68. The maximum Gasteiger partial charge on any atom is 0.331 e. The molecule has 0 radical (unpaired) electrons. The molecule has 1 aliphatic heterocycles. The minimum absolute atomic E-state index is 0.644. The van der Waals surface area contributed by atoms with E-state index in [9.17, 15) is 9.90 Å². The van der Waals surface area contributed by atoms with Gasteiger partial charge in [0.25, 0.3) is 0 Å². The Kier molecular flexibility index (Phi) is 2.87. The van der Waals surface area contributed by atoms with E-state index in [4.69, 9.17) is 0 Å². The topological polar surface area (TPSA) is 66.3 Å². The van der Waals surface area contributed by atoms with Gasteiger partial charge in [-0.05, 0) is 23.6 Å². The summed E-state index contributed by atoms with van der Waals surface area (Å²) < 4.78 is 0. The summed E-state index contributed by atoms with van der Waals surface area (Å²) in [5.74, 6) is -0.206. The van der Waals surface area contributed by atoms with Crippen LogP contribution in [0.25, 0.3) is 0 Å². The highest BCUT2D eigenvalue weighted by Crippen LogP contribution is 2.32. The Morgan fingerprint density at radius 1 is 1.32 bits per heavy atom. The molecular formula is C14H13N3O2. The van der Waals surface area contributed by atoms with Gasteiger partial charge in [0.1, 0.15) is 12.1 Å². The lowest BCUT2D eigenvalue weighted by Crippen LogP contribution is -2.40. The van der Waals surface area contributed by atoms with Gasteiger partial charge < -0.3 is 10.0 Å². The highest BCUT2D eigenvalue weighted by Gasteiger charge is 2.33. The number of benzene rings is 1. The first kappa shape index (κ1) is 11.6. The first-order valence-corrected chi connectivity index (χ1v) is 6.10. The Morgan fingerprint density at radius 2 is 2.16 bits per heavy atom. The number of rotatable bonds is 2. The summed E-state index contributed by atoms with van der Waals surface area (Å²) in [7, 11) is 0. The van der Waals surface area contributed by atoms with E-state index in [-0.39, 0.29) is 0 Å². The zero-order valence-corrected chi connectivity index (χ0v) is 10.2. The van der Waals surface area contributed by atoms with Crippen LogP contribution >= 0.6 is 0 Å². The summed E-state index contributed by atoms with van der Waals surface area (Å²) in [6.45, 7) is 0.644. The Labute approximate surface area is 110 Å². The van der Waals surface area contributed by atoms with Crippen LogP contribution in [0.4, 0.5) is 5.82 Å². The molecule has 1 unspecified atom stereocenters. The number of hydrogen-bond acceptors (Lipinski definition) is 4. The van der Waals surface area contributed by atoms with Crippen molar-refractivity contribution in [1.82, 2.24) is 9.97 Å². The van der Waals surface area contributed by atoms with Gasteiger partial charge in [-0.15, -0.1) is 0 Å². The number of fused-ring (bicyclic) bond motifs is 1. The molecule has 1 aromatic heterocycles. The summed E-state index contributed by atoms with van der Waals surface area (Å²) in [6.07, 6.45) is 3.89. The van der Waals surface area contributed by atoms with Crippen LogP contribution in [0.15, 0.2) is 42.9 Å². The van der Waals surface area contributed by atoms with Crippen LogP contribution in [0.5, 0.6) is 0 Å². The van der Waals surface area contributed by atoms with Crippen LogP contribution in [0.3, 0.4) is 0 Å². The molecule has 0 saturated carbocycles. The Morgan fingerprint density at radius 3 is 2.89 bits per heavy atom. The molecule has 1 aromatic carbocycles. The second-order valence-electron chi connectivity index (χ2n) is 4.45. The summed E-state index contributed by atoms with van der Waals surface area (Å²) >= 11 is 0. The van der Waals surface area contributed by atoms with E-state index in [2.05, 4.69) is 9.97 Å². The van der Waals surface area contributed by atoms with Crippen molar-refractivity contribution in [2.45, 2.75) is 12.5 Å². The van der Waals surface area contributed by atoms with E-state index >= 15 is 0 Å².